The Labute approximate surface area is 149 Å². The number of carbonyl (C=O) groups is 2. The molecule has 0 spiro atoms. The van der Waals surface area contributed by atoms with Gasteiger partial charge in [0.05, 0.1) is 5.56 Å². The maximum atomic E-state index is 12.5. The summed E-state index contributed by atoms with van der Waals surface area (Å²) >= 11 is 0. The van der Waals surface area contributed by atoms with Gasteiger partial charge in [0.1, 0.15) is 5.69 Å². The first kappa shape index (κ1) is 17.2. The molecule has 3 aromatic rings. The molecule has 0 bridgehead atoms. The molecule has 0 unspecified atom stereocenters. The lowest BCUT2D eigenvalue weighted by Crippen LogP contribution is -2.23. The van der Waals surface area contributed by atoms with Gasteiger partial charge in [-0.05, 0) is 37.3 Å². The highest BCUT2D eigenvalue weighted by Gasteiger charge is 2.15. The number of aryl methyl sites for hydroxylation is 1. The monoisotopic (exact) mass is 347 g/mol. The molecule has 0 radical (unpaired) electrons. The Morgan fingerprint density at radius 2 is 1.46 bits per heavy atom. The third kappa shape index (κ3) is 3.87. The number of pyridine rings is 1. The number of carbonyl (C=O) groups excluding carboxylic acids is 2. The molecule has 3 N–H and O–H groups in total. The average Bonchev–Trinajstić information content (AvgIpc) is 2.65. The third-order valence-electron chi connectivity index (χ3n) is 3.80. The van der Waals surface area contributed by atoms with Gasteiger partial charge in [-0.2, -0.15) is 0 Å². The summed E-state index contributed by atoms with van der Waals surface area (Å²) < 4.78 is 0. The van der Waals surface area contributed by atoms with Crippen LogP contribution in [0.25, 0.3) is 0 Å². The van der Waals surface area contributed by atoms with Crippen LogP contribution in [0.5, 0.6) is 0 Å². The minimum absolute atomic E-state index is 0.0164. The van der Waals surface area contributed by atoms with Crippen molar-refractivity contribution in [3.05, 3.63) is 93.9 Å². The van der Waals surface area contributed by atoms with E-state index in [4.69, 9.17) is 0 Å². The zero-order chi connectivity index (χ0) is 18.5. The number of benzene rings is 2. The summed E-state index contributed by atoms with van der Waals surface area (Å²) in [5, 5.41) is 5.31. The summed E-state index contributed by atoms with van der Waals surface area (Å²) in [7, 11) is 0. The van der Waals surface area contributed by atoms with Gasteiger partial charge >= 0.3 is 0 Å². The van der Waals surface area contributed by atoms with Crippen LogP contribution in [0, 0.1) is 6.92 Å². The fourth-order valence-corrected chi connectivity index (χ4v) is 2.46. The number of amides is 2. The Balaban J connectivity index is 1.86. The number of aromatic amines is 1. The largest absolute Gasteiger partial charge is 0.324 e. The second kappa shape index (κ2) is 7.48. The zero-order valence-electron chi connectivity index (χ0n) is 14.1. The molecule has 6 heteroatoms. The molecule has 0 aliphatic carbocycles. The molecule has 0 fully saturated rings. The van der Waals surface area contributed by atoms with Gasteiger partial charge in [-0.3, -0.25) is 14.4 Å². The van der Waals surface area contributed by atoms with Crippen LogP contribution in [0.4, 0.5) is 11.4 Å². The van der Waals surface area contributed by atoms with Gasteiger partial charge < -0.3 is 15.6 Å². The highest BCUT2D eigenvalue weighted by atomic mass is 16.2. The number of para-hydroxylation sites is 1. The molecular formula is C20H17N3O3. The first-order valence-electron chi connectivity index (χ1n) is 8.01. The molecule has 2 amide bonds. The van der Waals surface area contributed by atoms with Gasteiger partial charge in [0.15, 0.2) is 0 Å². The Hall–Kier alpha value is -3.67. The number of hydrogen-bond acceptors (Lipinski definition) is 3. The number of H-pyrrole nitrogens is 1. The van der Waals surface area contributed by atoms with E-state index in [1.807, 2.05) is 6.07 Å². The molecule has 6 nitrogen and oxygen atoms in total. The molecule has 0 aliphatic heterocycles. The number of hydrogen-bond donors (Lipinski definition) is 3. The first-order chi connectivity index (χ1) is 12.5. The van der Waals surface area contributed by atoms with Gasteiger partial charge in [-0.1, -0.05) is 36.4 Å². The van der Waals surface area contributed by atoms with Gasteiger partial charge in [-0.15, -0.1) is 0 Å². The molecule has 0 saturated heterocycles. The van der Waals surface area contributed by atoms with E-state index in [0.29, 0.717) is 16.9 Å². The predicted octanol–water partition coefficient (Wildman–Crippen LogP) is 3.19. The Morgan fingerprint density at radius 1 is 0.846 bits per heavy atom. The summed E-state index contributed by atoms with van der Waals surface area (Å²) in [5.41, 5.74) is 1.30. The zero-order valence-corrected chi connectivity index (χ0v) is 14.1. The van der Waals surface area contributed by atoms with E-state index in [1.165, 1.54) is 6.07 Å². The second-order valence-corrected chi connectivity index (χ2v) is 5.69. The molecule has 130 valence electrons. The van der Waals surface area contributed by atoms with Crippen molar-refractivity contribution in [2.24, 2.45) is 0 Å². The van der Waals surface area contributed by atoms with Gasteiger partial charge in [0, 0.05) is 16.9 Å². The van der Waals surface area contributed by atoms with Crippen molar-refractivity contribution in [2.45, 2.75) is 6.92 Å². The van der Waals surface area contributed by atoms with Crippen LogP contribution in [-0.4, -0.2) is 16.8 Å². The van der Waals surface area contributed by atoms with E-state index in [2.05, 4.69) is 15.6 Å². The van der Waals surface area contributed by atoms with Crippen LogP contribution < -0.4 is 16.2 Å². The lowest BCUT2D eigenvalue weighted by atomic mass is 10.1. The highest BCUT2D eigenvalue weighted by molar-refractivity contribution is 6.07. The van der Waals surface area contributed by atoms with E-state index in [9.17, 15) is 14.4 Å². The molecule has 0 aliphatic rings. The molecule has 0 atom stereocenters. The van der Waals surface area contributed by atoms with Crippen LogP contribution in [0.3, 0.4) is 0 Å². The Bertz CT molecular complexity index is 996. The standard InChI is InChI=1S/C20H17N3O3/c1-13-16(19(25)22-15-10-6-3-7-11-15)12-17(20(26)21-13)23-18(24)14-8-4-2-5-9-14/h2-12H,1H3,(H,21,26)(H,22,25)(H,23,24). The molecule has 1 heterocycles. The van der Waals surface area contributed by atoms with Crippen molar-refractivity contribution in [1.29, 1.82) is 0 Å². The van der Waals surface area contributed by atoms with E-state index in [-0.39, 0.29) is 17.2 Å². The third-order valence-corrected chi connectivity index (χ3v) is 3.80. The van der Waals surface area contributed by atoms with Gasteiger partial charge in [0.25, 0.3) is 17.4 Å². The topological polar surface area (TPSA) is 91.1 Å². The van der Waals surface area contributed by atoms with Crippen LogP contribution in [0.2, 0.25) is 0 Å². The minimum Gasteiger partial charge on any atom is -0.324 e. The number of nitrogens with one attached hydrogen (secondary N) is 3. The van der Waals surface area contributed by atoms with Crippen molar-refractivity contribution >= 4 is 23.2 Å². The van der Waals surface area contributed by atoms with Crippen molar-refractivity contribution in [2.75, 3.05) is 10.6 Å². The number of aromatic nitrogens is 1. The van der Waals surface area contributed by atoms with E-state index < -0.39 is 11.5 Å². The molecule has 1 aromatic heterocycles. The maximum absolute atomic E-state index is 12.5. The number of rotatable bonds is 4. The second-order valence-electron chi connectivity index (χ2n) is 5.69. The lowest BCUT2D eigenvalue weighted by Gasteiger charge is -2.10. The molecule has 0 saturated carbocycles. The van der Waals surface area contributed by atoms with E-state index in [1.54, 1.807) is 61.5 Å². The molecule has 3 rings (SSSR count). The maximum Gasteiger partial charge on any atom is 0.271 e. The van der Waals surface area contributed by atoms with Crippen LogP contribution in [-0.2, 0) is 0 Å². The SMILES string of the molecule is Cc1[nH]c(=O)c(NC(=O)c2ccccc2)cc1C(=O)Nc1ccccc1. The lowest BCUT2D eigenvalue weighted by molar-refractivity contribution is 0.101. The quantitative estimate of drug-likeness (QED) is 0.677. The molecule has 26 heavy (non-hydrogen) atoms. The summed E-state index contributed by atoms with van der Waals surface area (Å²) in [6, 6.07) is 18.9. The van der Waals surface area contributed by atoms with Crippen molar-refractivity contribution in [1.82, 2.24) is 4.98 Å². The fraction of sp³-hybridized carbons (Fsp3) is 0.0500. The van der Waals surface area contributed by atoms with Crippen LogP contribution in [0.1, 0.15) is 26.4 Å². The number of anilines is 2. The van der Waals surface area contributed by atoms with Crippen LogP contribution >= 0.6 is 0 Å². The van der Waals surface area contributed by atoms with Gasteiger partial charge in [-0.25, -0.2) is 0 Å². The smallest absolute Gasteiger partial charge is 0.271 e. The van der Waals surface area contributed by atoms with Crippen molar-refractivity contribution < 1.29 is 9.59 Å². The Morgan fingerprint density at radius 3 is 2.12 bits per heavy atom. The fourth-order valence-electron chi connectivity index (χ4n) is 2.46. The van der Waals surface area contributed by atoms with E-state index in [0.717, 1.165) is 0 Å². The minimum atomic E-state index is -0.469. The summed E-state index contributed by atoms with van der Waals surface area (Å²) in [4.78, 5) is 39.5. The summed E-state index contributed by atoms with van der Waals surface area (Å²) in [6.45, 7) is 1.63. The van der Waals surface area contributed by atoms with E-state index >= 15 is 0 Å². The molecule has 2 aromatic carbocycles. The highest BCUT2D eigenvalue weighted by Crippen LogP contribution is 2.13. The summed E-state index contributed by atoms with van der Waals surface area (Å²) in [5.74, 6) is -0.797. The van der Waals surface area contributed by atoms with Crippen molar-refractivity contribution in [3.8, 4) is 0 Å². The molecular weight excluding hydrogens is 330 g/mol. The summed E-state index contributed by atoms with van der Waals surface area (Å²) in [6.07, 6.45) is 0. The normalized spacial score (nSPS) is 10.2. The van der Waals surface area contributed by atoms with Gasteiger partial charge in [0.2, 0.25) is 0 Å². The predicted molar refractivity (Wildman–Crippen MR) is 101 cm³/mol. The van der Waals surface area contributed by atoms with Crippen molar-refractivity contribution in [3.63, 3.8) is 0 Å². The Kier molecular flexibility index (Phi) is 4.94. The van der Waals surface area contributed by atoms with Crippen LogP contribution in [0.15, 0.2) is 71.5 Å². The average molecular weight is 347 g/mol. The first-order valence-corrected chi connectivity index (χ1v) is 8.01.